The summed E-state index contributed by atoms with van der Waals surface area (Å²) in [5.74, 6) is -0.786. The van der Waals surface area contributed by atoms with E-state index >= 15 is 0 Å². The third kappa shape index (κ3) is 5.88. The van der Waals surface area contributed by atoms with Crippen LogP contribution in [0.5, 0.6) is 5.75 Å². The largest absolute Gasteiger partial charge is 0.573 e. The summed E-state index contributed by atoms with van der Waals surface area (Å²) >= 11 is 5.84. The molecule has 0 N–H and O–H groups in total. The van der Waals surface area contributed by atoms with Gasteiger partial charge in [-0.2, -0.15) is 0 Å². The first-order valence-electron chi connectivity index (χ1n) is 9.15. The molecule has 0 spiro atoms. The number of benzene rings is 2. The van der Waals surface area contributed by atoms with Crippen molar-refractivity contribution in [1.29, 1.82) is 0 Å². The van der Waals surface area contributed by atoms with Gasteiger partial charge < -0.3 is 14.5 Å². The zero-order chi connectivity index (χ0) is 22.6. The van der Waals surface area contributed by atoms with Gasteiger partial charge >= 0.3 is 6.36 Å². The molecule has 0 aliphatic carbocycles. The number of carbonyl (C=O) groups excluding carboxylic acids is 1. The predicted octanol–water partition coefficient (Wildman–Crippen LogP) is 4.51. The minimum absolute atomic E-state index is 0.114. The van der Waals surface area contributed by atoms with Crippen molar-refractivity contribution in [2.45, 2.75) is 6.36 Å². The number of hydrogen-bond donors (Lipinski definition) is 0. The van der Waals surface area contributed by atoms with E-state index in [1.807, 2.05) is 0 Å². The Labute approximate surface area is 180 Å². The Hall–Kier alpha value is -3.27. The summed E-state index contributed by atoms with van der Waals surface area (Å²) in [5.41, 5.74) is 0.410. The van der Waals surface area contributed by atoms with Crippen molar-refractivity contribution < 1.29 is 27.6 Å². The average molecular weight is 456 g/mol. The molecule has 0 aromatic heterocycles. The molecule has 0 saturated carbocycles. The van der Waals surface area contributed by atoms with Crippen LogP contribution in [0.1, 0.15) is 5.56 Å². The van der Waals surface area contributed by atoms with Gasteiger partial charge in [0, 0.05) is 48.9 Å². The molecule has 1 aliphatic rings. The minimum atomic E-state index is -4.84. The van der Waals surface area contributed by atoms with E-state index in [9.17, 15) is 28.1 Å². The van der Waals surface area contributed by atoms with Crippen LogP contribution in [0.15, 0.2) is 48.5 Å². The molecule has 0 bridgehead atoms. The molecule has 1 fully saturated rings. The smallest absolute Gasteiger partial charge is 0.405 e. The lowest BCUT2D eigenvalue weighted by atomic mass is 10.1. The van der Waals surface area contributed by atoms with Gasteiger partial charge in [-0.3, -0.25) is 14.9 Å². The Balaban J connectivity index is 1.65. The maximum absolute atomic E-state index is 12.5. The molecule has 7 nitrogen and oxygen atoms in total. The average Bonchev–Trinajstić information content (AvgIpc) is 2.72. The number of halogens is 4. The van der Waals surface area contributed by atoms with Gasteiger partial charge in [-0.25, -0.2) is 0 Å². The quantitative estimate of drug-likeness (QED) is 0.377. The standard InChI is InChI=1S/C20H17ClF3N3O4/c21-15-6-7-16(17(13-15)27(29)30)25-9-11-26(12-10-25)19(28)8-5-14-3-1-2-4-18(14)31-20(22,23)24/h1-8,13H,9-12H2/b8-5+. The van der Waals surface area contributed by atoms with Gasteiger partial charge in [0.2, 0.25) is 5.91 Å². The van der Waals surface area contributed by atoms with Crippen LogP contribution in [0.2, 0.25) is 5.02 Å². The summed E-state index contributed by atoms with van der Waals surface area (Å²) in [6, 6.07) is 9.90. The number of ether oxygens (including phenoxy) is 1. The number of nitro groups is 1. The summed E-state index contributed by atoms with van der Waals surface area (Å²) in [6.45, 7) is 1.30. The second-order valence-corrected chi connectivity index (χ2v) is 7.06. The van der Waals surface area contributed by atoms with Crippen LogP contribution in [0.4, 0.5) is 24.5 Å². The van der Waals surface area contributed by atoms with Gasteiger partial charge in [0.25, 0.3) is 5.69 Å². The highest BCUT2D eigenvalue weighted by molar-refractivity contribution is 6.30. The topological polar surface area (TPSA) is 75.9 Å². The van der Waals surface area contributed by atoms with Gasteiger partial charge in [-0.15, -0.1) is 13.2 Å². The van der Waals surface area contributed by atoms with Crippen LogP contribution in [-0.2, 0) is 4.79 Å². The Morgan fingerprint density at radius 3 is 2.45 bits per heavy atom. The Bertz CT molecular complexity index is 1010. The van der Waals surface area contributed by atoms with Gasteiger partial charge in [-0.1, -0.05) is 29.8 Å². The third-order valence-electron chi connectivity index (χ3n) is 4.62. The number of rotatable bonds is 5. The molecular formula is C20H17ClF3N3O4. The number of carbonyl (C=O) groups is 1. The van der Waals surface area contributed by atoms with Gasteiger partial charge in [0.1, 0.15) is 11.4 Å². The number of amides is 1. The first kappa shape index (κ1) is 22.4. The molecule has 0 radical (unpaired) electrons. The molecule has 1 heterocycles. The maximum atomic E-state index is 12.5. The lowest BCUT2D eigenvalue weighted by Gasteiger charge is -2.35. The highest BCUT2D eigenvalue weighted by atomic mass is 35.5. The van der Waals surface area contributed by atoms with Crippen molar-refractivity contribution in [3.05, 3.63) is 69.2 Å². The molecule has 0 unspecified atom stereocenters. The summed E-state index contributed by atoms with van der Waals surface area (Å²) in [7, 11) is 0. The minimum Gasteiger partial charge on any atom is -0.405 e. The number of para-hydroxylation sites is 1. The van der Waals surface area contributed by atoms with E-state index in [1.165, 1.54) is 41.3 Å². The van der Waals surface area contributed by atoms with Crippen LogP contribution in [0, 0.1) is 10.1 Å². The molecule has 2 aromatic rings. The fraction of sp³-hybridized carbons (Fsp3) is 0.250. The lowest BCUT2D eigenvalue weighted by molar-refractivity contribution is -0.384. The molecule has 1 amide bonds. The summed E-state index contributed by atoms with van der Waals surface area (Å²) in [6.07, 6.45) is -2.40. The van der Waals surface area contributed by atoms with E-state index in [0.29, 0.717) is 31.9 Å². The first-order chi connectivity index (χ1) is 14.6. The van der Waals surface area contributed by atoms with E-state index in [1.54, 1.807) is 17.0 Å². The molecule has 1 aliphatic heterocycles. The fourth-order valence-electron chi connectivity index (χ4n) is 3.18. The van der Waals surface area contributed by atoms with Crippen LogP contribution in [-0.4, -0.2) is 48.3 Å². The number of alkyl halides is 3. The van der Waals surface area contributed by atoms with Crippen LogP contribution >= 0.6 is 11.6 Å². The Morgan fingerprint density at radius 2 is 1.81 bits per heavy atom. The monoisotopic (exact) mass is 455 g/mol. The highest BCUT2D eigenvalue weighted by Crippen LogP contribution is 2.32. The molecular weight excluding hydrogens is 439 g/mol. The van der Waals surface area contributed by atoms with Crippen molar-refractivity contribution in [2.24, 2.45) is 0 Å². The van der Waals surface area contributed by atoms with E-state index in [0.717, 1.165) is 6.07 Å². The number of nitro benzene ring substituents is 1. The molecule has 164 valence electrons. The van der Waals surface area contributed by atoms with Gasteiger partial charge in [0.05, 0.1) is 4.92 Å². The molecule has 2 aromatic carbocycles. The molecule has 31 heavy (non-hydrogen) atoms. The zero-order valence-corrected chi connectivity index (χ0v) is 16.8. The number of piperazine rings is 1. The molecule has 3 rings (SSSR count). The number of hydrogen-bond acceptors (Lipinski definition) is 5. The van der Waals surface area contributed by atoms with E-state index in [2.05, 4.69) is 4.74 Å². The SMILES string of the molecule is O=C(/C=C/c1ccccc1OC(F)(F)F)N1CCN(c2ccc(Cl)cc2[N+](=O)[O-])CC1. The van der Waals surface area contributed by atoms with Gasteiger partial charge in [-0.05, 0) is 24.3 Å². The van der Waals surface area contributed by atoms with E-state index < -0.39 is 17.0 Å². The third-order valence-corrected chi connectivity index (χ3v) is 4.85. The molecule has 11 heteroatoms. The fourth-order valence-corrected chi connectivity index (χ4v) is 3.35. The number of nitrogens with zero attached hydrogens (tertiary/aromatic N) is 3. The summed E-state index contributed by atoms with van der Waals surface area (Å²) < 4.78 is 41.5. The van der Waals surface area contributed by atoms with Gasteiger partial charge in [0.15, 0.2) is 0 Å². The Kier molecular flexibility index (Phi) is 6.69. The van der Waals surface area contributed by atoms with Crippen molar-refractivity contribution in [1.82, 2.24) is 4.90 Å². The summed E-state index contributed by atoms with van der Waals surface area (Å²) in [5, 5.41) is 11.5. The predicted molar refractivity (Wildman–Crippen MR) is 109 cm³/mol. The van der Waals surface area contributed by atoms with Crippen molar-refractivity contribution in [2.75, 3.05) is 31.1 Å². The van der Waals surface area contributed by atoms with Crippen molar-refractivity contribution in [3.8, 4) is 5.75 Å². The lowest BCUT2D eigenvalue weighted by Crippen LogP contribution is -2.48. The highest BCUT2D eigenvalue weighted by Gasteiger charge is 2.32. The Morgan fingerprint density at radius 1 is 1.13 bits per heavy atom. The molecule has 0 atom stereocenters. The van der Waals surface area contributed by atoms with E-state index in [-0.39, 0.29) is 22.2 Å². The normalized spacial score (nSPS) is 14.7. The van der Waals surface area contributed by atoms with Crippen molar-refractivity contribution >= 4 is 35.0 Å². The summed E-state index contributed by atoms with van der Waals surface area (Å²) in [4.78, 5) is 26.5. The van der Waals surface area contributed by atoms with Crippen molar-refractivity contribution in [3.63, 3.8) is 0 Å². The van der Waals surface area contributed by atoms with Crippen LogP contribution in [0.3, 0.4) is 0 Å². The van der Waals surface area contributed by atoms with E-state index in [4.69, 9.17) is 11.6 Å². The second-order valence-electron chi connectivity index (χ2n) is 6.62. The maximum Gasteiger partial charge on any atom is 0.573 e. The zero-order valence-electron chi connectivity index (χ0n) is 16.0. The number of anilines is 1. The molecule has 1 saturated heterocycles. The van der Waals surface area contributed by atoms with Crippen LogP contribution in [0.25, 0.3) is 6.08 Å². The first-order valence-corrected chi connectivity index (χ1v) is 9.52. The second kappa shape index (κ2) is 9.25. The van der Waals surface area contributed by atoms with Crippen LogP contribution < -0.4 is 9.64 Å².